The van der Waals surface area contributed by atoms with Gasteiger partial charge in [0.2, 0.25) is 0 Å². The van der Waals surface area contributed by atoms with Crippen molar-refractivity contribution in [2.75, 3.05) is 19.8 Å². The van der Waals surface area contributed by atoms with E-state index in [-0.39, 0.29) is 17.1 Å². The summed E-state index contributed by atoms with van der Waals surface area (Å²) < 4.78 is 24.7. The van der Waals surface area contributed by atoms with Gasteiger partial charge in [0.05, 0.1) is 6.61 Å². The Labute approximate surface area is 127 Å². The summed E-state index contributed by atoms with van der Waals surface area (Å²) in [5.41, 5.74) is 0.921. The molecule has 0 aliphatic heterocycles. The Bertz CT molecular complexity index is 427. The first kappa shape index (κ1) is 17.9. The van der Waals surface area contributed by atoms with Crippen LogP contribution in [0.1, 0.15) is 40.2 Å². The number of hydrogen-bond acceptors (Lipinski definition) is 3. The lowest BCUT2D eigenvalue weighted by molar-refractivity contribution is 0.0807. The van der Waals surface area contributed by atoms with Gasteiger partial charge in [-0.25, -0.2) is 4.39 Å². The molecule has 4 heteroatoms. The second-order valence-electron chi connectivity index (χ2n) is 6.69. The van der Waals surface area contributed by atoms with E-state index in [1.165, 1.54) is 6.07 Å². The zero-order valence-corrected chi connectivity index (χ0v) is 13.8. The van der Waals surface area contributed by atoms with E-state index in [9.17, 15) is 4.39 Å². The van der Waals surface area contributed by atoms with Crippen LogP contribution in [0, 0.1) is 11.7 Å². The molecule has 0 saturated carbocycles. The van der Waals surface area contributed by atoms with Crippen LogP contribution >= 0.6 is 0 Å². The molecule has 0 fully saturated rings. The van der Waals surface area contributed by atoms with E-state index >= 15 is 0 Å². The summed E-state index contributed by atoms with van der Waals surface area (Å²) in [5.74, 6) is 0.450. The predicted octanol–water partition coefficient (Wildman–Crippen LogP) is 3.77. The molecule has 0 radical (unpaired) electrons. The van der Waals surface area contributed by atoms with E-state index in [4.69, 9.17) is 9.47 Å². The summed E-state index contributed by atoms with van der Waals surface area (Å²) in [7, 11) is 0. The molecular formula is C17H28FNO2. The first-order valence-corrected chi connectivity index (χ1v) is 7.52. The van der Waals surface area contributed by atoms with E-state index in [1.807, 2.05) is 6.07 Å². The first-order chi connectivity index (χ1) is 9.78. The maximum absolute atomic E-state index is 13.9. The molecule has 0 aliphatic carbocycles. The van der Waals surface area contributed by atoms with Crippen molar-refractivity contribution in [2.24, 2.45) is 5.92 Å². The first-order valence-electron chi connectivity index (χ1n) is 7.52. The molecule has 21 heavy (non-hydrogen) atoms. The number of halogens is 1. The average molecular weight is 297 g/mol. The maximum Gasteiger partial charge on any atom is 0.165 e. The molecule has 0 saturated heterocycles. The van der Waals surface area contributed by atoms with Gasteiger partial charge >= 0.3 is 0 Å². The molecule has 0 bridgehead atoms. The number of benzene rings is 1. The molecule has 0 amide bonds. The number of ether oxygens (including phenoxy) is 2. The minimum atomic E-state index is -0.327. The predicted molar refractivity (Wildman–Crippen MR) is 84.1 cm³/mol. The van der Waals surface area contributed by atoms with Crippen molar-refractivity contribution >= 4 is 0 Å². The summed E-state index contributed by atoms with van der Waals surface area (Å²) >= 11 is 0. The Morgan fingerprint density at radius 2 is 1.90 bits per heavy atom. The van der Waals surface area contributed by atoms with Gasteiger partial charge in [0.15, 0.2) is 11.6 Å². The van der Waals surface area contributed by atoms with E-state index in [1.54, 1.807) is 6.07 Å². The standard InChI is InChI=1S/C17H28FNO2/c1-13(2)12-20-8-9-21-16-7-6-14(10-15(16)18)11-19-17(3,4)5/h6-7,10,13,19H,8-9,11-12H2,1-5H3. The SMILES string of the molecule is CC(C)COCCOc1ccc(CNC(C)(C)C)cc1F. The summed E-state index contributed by atoms with van der Waals surface area (Å²) in [6, 6.07) is 5.08. The van der Waals surface area contributed by atoms with Crippen molar-refractivity contribution in [1.82, 2.24) is 5.32 Å². The highest BCUT2D eigenvalue weighted by Gasteiger charge is 2.10. The molecule has 0 unspecified atom stereocenters. The monoisotopic (exact) mass is 297 g/mol. The van der Waals surface area contributed by atoms with E-state index in [0.717, 1.165) is 5.56 Å². The molecule has 1 aromatic carbocycles. The number of hydrogen-bond donors (Lipinski definition) is 1. The summed E-state index contributed by atoms with van der Waals surface area (Å²) in [6.07, 6.45) is 0. The highest BCUT2D eigenvalue weighted by Crippen LogP contribution is 2.18. The van der Waals surface area contributed by atoms with Crippen LogP contribution in [0.2, 0.25) is 0 Å². The fraction of sp³-hybridized carbons (Fsp3) is 0.647. The topological polar surface area (TPSA) is 30.5 Å². The van der Waals surface area contributed by atoms with Crippen LogP contribution < -0.4 is 10.1 Å². The zero-order chi connectivity index (χ0) is 15.9. The van der Waals surface area contributed by atoms with E-state index in [0.29, 0.717) is 32.3 Å². The van der Waals surface area contributed by atoms with Crippen molar-refractivity contribution in [2.45, 2.75) is 46.7 Å². The van der Waals surface area contributed by atoms with Crippen molar-refractivity contribution in [3.63, 3.8) is 0 Å². The molecule has 0 spiro atoms. The molecule has 0 heterocycles. The second kappa shape index (κ2) is 8.35. The van der Waals surface area contributed by atoms with Crippen LogP contribution in [0.25, 0.3) is 0 Å². The van der Waals surface area contributed by atoms with Crippen molar-refractivity contribution in [3.05, 3.63) is 29.6 Å². The van der Waals surface area contributed by atoms with Gasteiger partial charge in [-0.1, -0.05) is 19.9 Å². The smallest absolute Gasteiger partial charge is 0.165 e. The third-order valence-electron chi connectivity index (χ3n) is 2.76. The highest BCUT2D eigenvalue weighted by atomic mass is 19.1. The third-order valence-corrected chi connectivity index (χ3v) is 2.76. The summed E-state index contributed by atoms with van der Waals surface area (Å²) in [5, 5.41) is 3.33. The van der Waals surface area contributed by atoms with Crippen LogP contribution in [-0.4, -0.2) is 25.4 Å². The number of rotatable bonds is 8. The molecule has 1 rings (SSSR count). The Hall–Kier alpha value is -1.13. The Balaban J connectivity index is 2.40. The van der Waals surface area contributed by atoms with Gasteiger partial charge in [-0.3, -0.25) is 0 Å². The highest BCUT2D eigenvalue weighted by molar-refractivity contribution is 5.29. The molecule has 1 aromatic rings. The minimum Gasteiger partial charge on any atom is -0.488 e. The van der Waals surface area contributed by atoms with Gasteiger partial charge in [-0.2, -0.15) is 0 Å². The molecule has 3 nitrogen and oxygen atoms in total. The van der Waals surface area contributed by atoms with E-state index < -0.39 is 0 Å². The van der Waals surface area contributed by atoms with Crippen LogP contribution in [0.5, 0.6) is 5.75 Å². The maximum atomic E-state index is 13.9. The quantitative estimate of drug-likeness (QED) is 0.741. The zero-order valence-electron chi connectivity index (χ0n) is 13.8. The van der Waals surface area contributed by atoms with Gasteiger partial charge in [-0.05, 0) is 44.4 Å². The largest absolute Gasteiger partial charge is 0.488 e. The van der Waals surface area contributed by atoms with Crippen LogP contribution in [0.3, 0.4) is 0 Å². The van der Waals surface area contributed by atoms with Gasteiger partial charge in [0.1, 0.15) is 6.61 Å². The minimum absolute atomic E-state index is 0.0133. The molecule has 0 aromatic heterocycles. The van der Waals surface area contributed by atoms with Gasteiger partial charge in [-0.15, -0.1) is 0 Å². The fourth-order valence-electron chi connectivity index (χ4n) is 1.67. The molecular weight excluding hydrogens is 269 g/mol. The second-order valence-corrected chi connectivity index (χ2v) is 6.69. The van der Waals surface area contributed by atoms with E-state index in [2.05, 4.69) is 39.9 Å². The fourth-order valence-corrected chi connectivity index (χ4v) is 1.67. The van der Waals surface area contributed by atoms with Crippen LogP contribution in [0.15, 0.2) is 18.2 Å². The number of nitrogens with one attached hydrogen (secondary N) is 1. The molecule has 0 aliphatic rings. The lowest BCUT2D eigenvalue weighted by atomic mass is 10.1. The van der Waals surface area contributed by atoms with Crippen LogP contribution in [0.4, 0.5) is 4.39 Å². The molecule has 0 atom stereocenters. The Kier molecular flexibility index (Phi) is 7.12. The van der Waals surface area contributed by atoms with Gasteiger partial charge in [0.25, 0.3) is 0 Å². The van der Waals surface area contributed by atoms with Gasteiger partial charge < -0.3 is 14.8 Å². The van der Waals surface area contributed by atoms with Crippen LogP contribution in [-0.2, 0) is 11.3 Å². The molecule has 120 valence electrons. The normalized spacial score (nSPS) is 12.0. The van der Waals surface area contributed by atoms with Crippen molar-refractivity contribution in [3.8, 4) is 5.75 Å². The van der Waals surface area contributed by atoms with Gasteiger partial charge in [0, 0.05) is 18.7 Å². The Morgan fingerprint density at radius 1 is 1.19 bits per heavy atom. The lowest BCUT2D eigenvalue weighted by Crippen LogP contribution is -2.35. The van der Waals surface area contributed by atoms with Crippen molar-refractivity contribution in [1.29, 1.82) is 0 Å². The summed E-state index contributed by atoms with van der Waals surface area (Å²) in [4.78, 5) is 0. The van der Waals surface area contributed by atoms with Crippen molar-refractivity contribution < 1.29 is 13.9 Å². The Morgan fingerprint density at radius 3 is 2.48 bits per heavy atom. The average Bonchev–Trinajstić information content (AvgIpc) is 2.37. The molecule has 1 N–H and O–H groups in total. The third kappa shape index (κ3) is 8.02. The lowest BCUT2D eigenvalue weighted by Gasteiger charge is -2.20. The summed E-state index contributed by atoms with van der Waals surface area (Å²) in [6.45, 7) is 12.6.